The smallest absolute Gasteiger partial charge is 0.123 e. The van der Waals surface area contributed by atoms with Gasteiger partial charge in [0, 0.05) is 18.3 Å². The highest BCUT2D eigenvalue weighted by Crippen LogP contribution is 2.25. The van der Waals surface area contributed by atoms with E-state index in [1.54, 1.807) is 0 Å². The molecular weight excluding hydrogens is 202 g/mol. The summed E-state index contributed by atoms with van der Waals surface area (Å²) in [6, 6.07) is -0.0777. The molecule has 0 aliphatic rings. The van der Waals surface area contributed by atoms with E-state index in [0.717, 1.165) is 28.5 Å². The minimum atomic E-state index is -0.0777. The second-order valence-corrected chi connectivity index (χ2v) is 4.14. The molecule has 0 aliphatic heterocycles. The molecule has 1 unspecified atom stereocenters. The van der Waals surface area contributed by atoms with Gasteiger partial charge in [0.25, 0.3) is 0 Å². The first-order valence-corrected chi connectivity index (χ1v) is 5.31. The quantitative estimate of drug-likeness (QED) is 0.802. The zero-order valence-electron chi connectivity index (χ0n) is 10.1. The predicted molar refractivity (Wildman–Crippen MR) is 62.9 cm³/mol. The van der Waals surface area contributed by atoms with E-state index < -0.39 is 0 Å². The van der Waals surface area contributed by atoms with Crippen LogP contribution >= 0.6 is 0 Å². The lowest BCUT2D eigenvalue weighted by Crippen LogP contribution is -2.06. The number of rotatable bonds is 2. The highest BCUT2D eigenvalue weighted by molar-refractivity contribution is 5.64. The molecule has 5 nitrogen and oxygen atoms in total. The van der Waals surface area contributed by atoms with Gasteiger partial charge in [-0.2, -0.15) is 5.10 Å². The first-order chi connectivity index (χ1) is 7.50. The third kappa shape index (κ3) is 1.63. The molecule has 0 saturated heterocycles. The number of nitrogens with one attached hydrogen (secondary N) is 1. The Morgan fingerprint density at radius 1 is 1.44 bits per heavy atom. The third-order valence-corrected chi connectivity index (χ3v) is 2.81. The Balaban J connectivity index is 2.50. The van der Waals surface area contributed by atoms with Crippen molar-refractivity contribution in [2.24, 2.45) is 12.8 Å². The Kier molecular flexibility index (Phi) is 2.55. The standard InChI is InChI=1S/C11H17N5/c1-6(12)11-13-5-9(14-11)10-7(2)15-16(4)8(10)3/h5-6H,12H2,1-4H3,(H,13,14). The van der Waals surface area contributed by atoms with Crippen molar-refractivity contribution < 1.29 is 0 Å². The molecule has 0 aromatic carbocycles. The zero-order valence-corrected chi connectivity index (χ0v) is 10.1. The van der Waals surface area contributed by atoms with Crippen molar-refractivity contribution in [3.63, 3.8) is 0 Å². The molecule has 0 fully saturated rings. The van der Waals surface area contributed by atoms with Gasteiger partial charge >= 0.3 is 0 Å². The highest BCUT2D eigenvalue weighted by Gasteiger charge is 2.14. The van der Waals surface area contributed by atoms with Crippen molar-refractivity contribution in [2.75, 3.05) is 0 Å². The van der Waals surface area contributed by atoms with Gasteiger partial charge in [0.1, 0.15) is 5.82 Å². The van der Waals surface area contributed by atoms with Gasteiger partial charge < -0.3 is 10.7 Å². The number of aromatic amines is 1. The number of hydrogen-bond acceptors (Lipinski definition) is 3. The van der Waals surface area contributed by atoms with Crippen LogP contribution in [0.5, 0.6) is 0 Å². The Labute approximate surface area is 94.7 Å². The van der Waals surface area contributed by atoms with Crippen LogP contribution in [0.25, 0.3) is 11.3 Å². The molecule has 86 valence electrons. The van der Waals surface area contributed by atoms with Gasteiger partial charge in [0.05, 0.1) is 23.6 Å². The summed E-state index contributed by atoms with van der Waals surface area (Å²) in [6.07, 6.45) is 1.82. The summed E-state index contributed by atoms with van der Waals surface area (Å²) >= 11 is 0. The largest absolute Gasteiger partial charge is 0.341 e. The Morgan fingerprint density at radius 3 is 2.56 bits per heavy atom. The number of aryl methyl sites for hydroxylation is 2. The second-order valence-electron chi connectivity index (χ2n) is 4.14. The van der Waals surface area contributed by atoms with Gasteiger partial charge in [0.15, 0.2) is 0 Å². The van der Waals surface area contributed by atoms with Gasteiger partial charge in [-0.1, -0.05) is 0 Å². The lowest BCUT2D eigenvalue weighted by molar-refractivity contribution is 0.731. The molecule has 2 aromatic rings. The molecule has 0 spiro atoms. The lowest BCUT2D eigenvalue weighted by atomic mass is 10.1. The van der Waals surface area contributed by atoms with Gasteiger partial charge in [-0.25, -0.2) is 4.98 Å². The maximum absolute atomic E-state index is 5.77. The molecule has 0 radical (unpaired) electrons. The van der Waals surface area contributed by atoms with E-state index in [1.165, 1.54) is 0 Å². The molecule has 2 rings (SSSR count). The van der Waals surface area contributed by atoms with E-state index in [0.29, 0.717) is 0 Å². The highest BCUT2D eigenvalue weighted by atomic mass is 15.3. The Hall–Kier alpha value is -1.62. The molecule has 3 N–H and O–H groups in total. The molecule has 0 bridgehead atoms. The van der Waals surface area contributed by atoms with Crippen molar-refractivity contribution in [2.45, 2.75) is 26.8 Å². The van der Waals surface area contributed by atoms with Crippen LogP contribution in [-0.2, 0) is 7.05 Å². The van der Waals surface area contributed by atoms with Crippen LogP contribution in [0.1, 0.15) is 30.2 Å². The van der Waals surface area contributed by atoms with E-state index in [-0.39, 0.29) is 6.04 Å². The minimum absolute atomic E-state index is 0.0777. The average molecular weight is 219 g/mol. The van der Waals surface area contributed by atoms with E-state index in [2.05, 4.69) is 15.1 Å². The van der Waals surface area contributed by atoms with Crippen LogP contribution in [0.2, 0.25) is 0 Å². The monoisotopic (exact) mass is 219 g/mol. The molecule has 16 heavy (non-hydrogen) atoms. The molecule has 2 aromatic heterocycles. The molecule has 5 heteroatoms. The number of H-pyrrole nitrogens is 1. The summed E-state index contributed by atoms with van der Waals surface area (Å²) in [7, 11) is 1.94. The summed E-state index contributed by atoms with van der Waals surface area (Å²) in [5, 5.41) is 4.38. The van der Waals surface area contributed by atoms with E-state index in [9.17, 15) is 0 Å². The van der Waals surface area contributed by atoms with Crippen LogP contribution in [0.3, 0.4) is 0 Å². The van der Waals surface area contributed by atoms with Crippen molar-refractivity contribution in [3.05, 3.63) is 23.4 Å². The van der Waals surface area contributed by atoms with E-state index >= 15 is 0 Å². The number of imidazole rings is 1. The van der Waals surface area contributed by atoms with Gasteiger partial charge in [-0.3, -0.25) is 4.68 Å². The maximum atomic E-state index is 5.77. The van der Waals surface area contributed by atoms with Crippen LogP contribution in [0.15, 0.2) is 6.20 Å². The molecule has 0 aliphatic carbocycles. The fourth-order valence-electron chi connectivity index (χ4n) is 1.86. The van der Waals surface area contributed by atoms with Crippen molar-refractivity contribution in [1.29, 1.82) is 0 Å². The number of aromatic nitrogens is 4. The first-order valence-electron chi connectivity index (χ1n) is 5.31. The van der Waals surface area contributed by atoms with Gasteiger partial charge in [0.2, 0.25) is 0 Å². The number of nitrogens with two attached hydrogens (primary N) is 1. The summed E-state index contributed by atoms with van der Waals surface area (Å²) in [5.74, 6) is 0.803. The van der Waals surface area contributed by atoms with Gasteiger partial charge in [-0.15, -0.1) is 0 Å². The van der Waals surface area contributed by atoms with E-state index in [4.69, 9.17) is 5.73 Å². The summed E-state index contributed by atoms with van der Waals surface area (Å²) in [6.45, 7) is 5.95. The normalized spacial score (nSPS) is 13.1. The fourth-order valence-corrected chi connectivity index (χ4v) is 1.86. The van der Waals surface area contributed by atoms with Crippen LogP contribution < -0.4 is 5.73 Å². The van der Waals surface area contributed by atoms with E-state index in [1.807, 2.05) is 38.7 Å². The van der Waals surface area contributed by atoms with Crippen molar-refractivity contribution in [1.82, 2.24) is 19.7 Å². The lowest BCUT2D eigenvalue weighted by Gasteiger charge is -2.00. The summed E-state index contributed by atoms with van der Waals surface area (Å²) in [4.78, 5) is 7.50. The van der Waals surface area contributed by atoms with Crippen LogP contribution in [0.4, 0.5) is 0 Å². The third-order valence-electron chi connectivity index (χ3n) is 2.81. The predicted octanol–water partition coefficient (Wildman–Crippen LogP) is 1.45. The summed E-state index contributed by atoms with van der Waals surface area (Å²) in [5.41, 5.74) is 9.99. The molecule has 0 saturated carbocycles. The first kappa shape index (κ1) is 10.9. The number of hydrogen-bond donors (Lipinski definition) is 2. The minimum Gasteiger partial charge on any atom is -0.341 e. The van der Waals surface area contributed by atoms with Crippen molar-refractivity contribution >= 4 is 0 Å². The fraction of sp³-hybridized carbons (Fsp3) is 0.455. The molecular formula is C11H17N5. The summed E-state index contributed by atoms with van der Waals surface area (Å²) < 4.78 is 1.87. The second kappa shape index (κ2) is 3.75. The zero-order chi connectivity index (χ0) is 11.9. The Bertz CT molecular complexity index is 506. The van der Waals surface area contributed by atoms with Crippen LogP contribution in [-0.4, -0.2) is 19.7 Å². The Morgan fingerprint density at radius 2 is 2.12 bits per heavy atom. The molecule has 0 amide bonds. The number of nitrogens with zero attached hydrogens (tertiary/aromatic N) is 3. The van der Waals surface area contributed by atoms with Crippen molar-refractivity contribution in [3.8, 4) is 11.3 Å². The average Bonchev–Trinajstić information content (AvgIpc) is 2.74. The van der Waals surface area contributed by atoms with Gasteiger partial charge in [-0.05, 0) is 20.8 Å². The topological polar surface area (TPSA) is 72.5 Å². The van der Waals surface area contributed by atoms with Crippen LogP contribution in [0, 0.1) is 13.8 Å². The molecule has 1 atom stereocenters. The maximum Gasteiger partial charge on any atom is 0.123 e. The SMILES string of the molecule is Cc1nn(C)c(C)c1-c1cnc(C(C)N)[nH]1. The molecule has 2 heterocycles.